The zero-order valence-electron chi connectivity index (χ0n) is 43.3. The molecule has 77 heavy (non-hydrogen) atoms. The van der Waals surface area contributed by atoms with Crippen molar-refractivity contribution in [2.45, 2.75) is 62.1 Å². The molecule has 4 heterocycles. The quantitative estimate of drug-likeness (QED) is 0.0951. The van der Waals surface area contributed by atoms with Gasteiger partial charge in [0, 0.05) is 25.2 Å². The first-order valence-corrected chi connectivity index (χ1v) is 25.9. The van der Waals surface area contributed by atoms with Crippen LogP contribution < -0.4 is 19.7 Å². The molecule has 4 amide bonds. The van der Waals surface area contributed by atoms with Crippen molar-refractivity contribution in [3.8, 4) is 29.1 Å². The van der Waals surface area contributed by atoms with E-state index in [4.69, 9.17) is 14.2 Å². The van der Waals surface area contributed by atoms with Crippen molar-refractivity contribution in [2.75, 3.05) is 39.3 Å². The largest absolute Gasteiger partial charge is 0.508 e. The standard InChI is InChI=1S/C64H59N5O8/c1-41(44-21-11-6-12-22-44)65-63(74)68-52-32-27-42(20-17-34-66(2)39-43-18-9-5-10-19-43)36-51(52)64(62(68)73)55(60(71)67-35-33-48-37-53(75-3)54(76-4)38-49(48)40-67)57-61(72)77-58(46-25-15-8-16-26-46)56(45-23-13-7-14-24-45)69(57)59(64)47-28-30-50(70)31-29-47/h5-16,18-19,21-32,36-38,41,55-59,70H,33-35,39-40H2,1-4H3,(H,65,74)/t41-,55-,56-,57-,58+,59+,64-/m1/s1. The summed E-state index contributed by atoms with van der Waals surface area (Å²) in [6, 6.07) is 49.9. The van der Waals surface area contributed by atoms with Gasteiger partial charge in [-0.2, -0.15) is 0 Å². The second-order valence-electron chi connectivity index (χ2n) is 20.3. The number of hydrogen-bond donors (Lipinski definition) is 2. The van der Waals surface area contributed by atoms with Gasteiger partial charge >= 0.3 is 12.0 Å². The Morgan fingerprint density at radius 3 is 2.05 bits per heavy atom. The van der Waals surface area contributed by atoms with E-state index >= 15 is 19.2 Å². The van der Waals surface area contributed by atoms with E-state index in [1.54, 1.807) is 55.5 Å². The lowest BCUT2D eigenvalue weighted by atomic mass is 9.64. The van der Waals surface area contributed by atoms with Gasteiger partial charge in [0.15, 0.2) is 11.5 Å². The van der Waals surface area contributed by atoms with Crippen LogP contribution in [-0.2, 0) is 44.0 Å². The lowest BCUT2D eigenvalue weighted by Crippen LogP contribution is -2.57. The number of nitrogens with one attached hydrogen (secondary N) is 1. The summed E-state index contributed by atoms with van der Waals surface area (Å²) in [4.78, 5) is 71.7. The predicted molar refractivity (Wildman–Crippen MR) is 292 cm³/mol. The van der Waals surface area contributed by atoms with Crippen LogP contribution in [0.3, 0.4) is 0 Å². The number of phenolic OH excluding ortho intramolecular Hbond substituents is 1. The molecule has 0 bridgehead atoms. The van der Waals surface area contributed by atoms with Crippen LogP contribution >= 0.6 is 0 Å². The van der Waals surface area contributed by atoms with Gasteiger partial charge in [-0.15, -0.1) is 0 Å². The molecule has 2 fully saturated rings. The number of morpholine rings is 1. The van der Waals surface area contributed by atoms with Crippen molar-refractivity contribution >= 4 is 29.5 Å². The Bertz CT molecular complexity index is 3410. The second-order valence-corrected chi connectivity index (χ2v) is 20.3. The topological polar surface area (TPSA) is 141 Å². The average Bonchev–Trinajstić information content (AvgIpc) is 3.57. The zero-order chi connectivity index (χ0) is 53.4. The fraction of sp³-hybridized carbons (Fsp3) is 0.250. The molecule has 11 rings (SSSR count). The van der Waals surface area contributed by atoms with Gasteiger partial charge in [-0.05, 0) is 107 Å². The summed E-state index contributed by atoms with van der Waals surface area (Å²) in [5.74, 6) is 4.40. The number of urea groups is 1. The van der Waals surface area contributed by atoms with Gasteiger partial charge < -0.3 is 29.5 Å². The van der Waals surface area contributed by atoms with Crippen molar-refractivity contribution in [1.29, 1.82) is 0 Å². The maximum Gasteiger partial charge on any atom is 0.329 e. The van der Waals surface area contributed by atoms with Crippen LogP contribution in [0.2, 0.25) is 0 Å². The number of fused-ring (bicyclic) bond motifs is 4. The van der Waals surface area contributed by atoms with Crippen molar-refractivity contribution < 1.29 is 38.5 Å². The van der Waals surface area contributed by atoms with Crippen molar-refractivity contribution in [2.24, 2.45) is 5.92 Å². The van der Waals surface area contributed by atoms with Crippen LogP contribution in [0.4, 0.5) is 10.5 Å². The fourth-order valence-corrected chi connectivity index (χ4v) is 12.2. The summed E-state index contributed by atoms with van der Waals surface area (Å²) in [6.45, 7) is 3.30. The molecule has 4 aliphatic rings. The van der Waals surface area contributed by atoms with Crippen LogP contribution in [0, 0.1) is 17.8 Å². The predicted octanol–water partition coefficient (Wildman–Crippen LogP) is 9.61. The highest BCUT2D eigenvalue weighted by Crippen LogP contribution is 2.66. The summed E-state index contributed by atoms with van der Waals surface area (Å²) in [7, 11) is 5.13. The van der Waals surface area contributed by atoms with E-state index in [0.717, 1.165) is 32.7 Å². The molecule has 2 saturated heterocycles. The molecule has 0 aliphatic carbocycles. The molecule has 0 aromatic heterocycles. The molecular weight excluding hydrogens is 967 g/mol. The van der Waals surface area contributed by atoms with Gasteiger partial charge in [-0.3, -0.25) is 24.2 Å². The van der Waals surface area contributed by atoms with E-state index < -0.39 is 65.4 Å². The molecule has 13 nitrogen and oxygen atoms in total. The van der Waals surface area contributed by atoms with Crippen molar-refractivity contribution in [3.63, 3.8) is 0 Å². The lowest BCUT2D eigenvalue weighted by molar-refractivity contribution is -0.179. The lowest BCUT2D eigenvalue weighted by Gasteiger charge is -2.46. The number of nitrogens with zero attached hydrogens (tertiary/aromatic N) is 4. The Hall–Kier alpha value is -8.70. The first-order chi connectivity index (χ1) is 37.5. The average molecular weight is 1030 g/mol. The molecule has 7 aromatic rings. The Balaban J connectivity index is 1.15. The highest BCUT2D eigenvalue weighted by Gasteiger charge is 2.76. The number of esters is 1. The fourth-order valence-electron chi connectivity index (χ4n) is 12.2. The Kier molecular flexibility index (Phi) is 13.9. The van der Waals surface area contributed by atoms with Crippen molar-refractivity contribution in [3.05, 3.63) is 226 Å². The highest BCUT2D eigenvalue weighted by atomic mass is 16.6. The first-order valence-electron chi connectivity index (χ1n) is 25.9. The SMILES string of the molecule is COc1cc2c(cc1OC)CN(C(=O)[C@H]1[C@@H]3C(=O)O[C@@H](c4ccccc4)[C@@H](c4ccccc4)N3[C@@H](c3ccc(O)cc3)[C@]13C(=O)N(C(=O)N[C@H](C)c1ccccc1)c1ccc(C#CCN(C)Cc4ccccc4)cc13)CC2. The summed E-state index contributed by atoms with van der Waals surface area (Å²) in [5, 5.41) is 14.1. The summed E-state index contributed by atoms with van der Waals surface area (Å²) in [6.07, 6.45) is -0.469. The van der Waals surface area contributed by atoms with Crippen LogP contribution in [0.25, 0.3) is 0 Å². The number of aromatic hydroxyl groups is 1. The normalized spacial score (nSPS) is 21.8. The zero-order valence-corrected chi connectivity index (χ0v) is 43.3. The third-order valence-corrected chi connectivity index (χ3v) is 15.7. The van der Waals surface area contributed by atoms with Crippen molar-refractivity contribution in [1.82, 2.24) is 20.0 Å². The Labute approximate surface area is 448 Å². The number of ether oxygens (including phenoxy) is 3. The van der Waals surface area contributed by atoms with Crippen LogP contribution in [0.5, 0.6) is 17.2 Å². The van der Waals surface area contributed by atoms with Gasteiger partial charge in [0.25, 0.3) is 0 Å². The molecule has 13 heteroatoms. The minimum Gasteiger partial charge on any atom is -0.508 e. The molecule has 0 unspecified atom stereocenters. The maximum atomic E-state index is 17.0. The molecule has 7 aromatic carbocycles. The van der Waals surface area contributed by atoms with Gasteiger partial charge in [-0.25, -0.2) is 9.69 Å². The number of cyclic esters (lactones) is 1. The molecule has 7 atom stereocenters. The van der Waals surface area contributed by atoms with E-state index in [0.29, 0.717) is 53.3 Å². The smallest absolute Gasteiger partial charge is 0.329 e. The van der Waals surface area contributed by atoms with E-state index in [1.165, 1.54) is 0 Å². The van der Waals surface area contributed by atoms with Gasteiger partial charge in [0.1, 0.15) is 23.3 Å². The summed E-state index contributed by atoms with van der Waals surface area (Å²) in [5.41, 5.74) is 4.91. The Morgan fingerprint density at radius 1 is 0.766 bits per heavy atom. The summed E-state index contributed by atoms with van der Waals surface area (Å²) < 4.78 is 18.1. The molecular formula is C64H59N5O8. The number of amides is 4. The number of rotatable bonds is 11. The van der Waals surface area contributed by atoms with Crippen LogP contribution in [0.15, 0.2) is 176 Å². The number of benzene rings is 7. The first kappa shape index (κ1) is 50.5. The molecule has 0 radical (unpaired) electrons. The molecule has 4 aliphatic heterocycles. The maximum absolute atomic E-state index is 17.0. The molecule has 0 saturated carbocycles. The van der Waals surface area contributed by atoms with E-state index in [9.17, 15) is 5.11 Å². The number of phenols is 1. The van der Waals surface area contributed by atoms with E-state index in [1.807, 2.05) is 146 Å². The monoisotopic (exact) mass is 1030 g/mol. The molecule has 388 valence electrons. The number of anilines is 1. The Morgan fingerprint density at radius 2 is 1.39 bits per heavy atom. The van der Waals surface area contributed by atoms with Gasteiger partial charge in [0.05, 0.1) is 50.5 Å². The van der Waals surface area contributed by atoms with E-state index in [-0.39, 0.29) is 24.5 Å². The molecule has 1 spiro atoms. The van der Waals surface area contributed by atoms with Crippen LogP contribution in [0.1, 0.15) is 81.2 Å². The number of hydrogen-bond acceptors (Lipinski definition) is 10. The number of carbonyl (C=O) groups excluding carboxylic acids is 4. The summed E-state index contributed by atoms with van der Waals surface area (Å²) >= 11 is 0. The van der Waals surface area contributed by atoms with E-state index in [2.05, 4.69) is 34.2 Å². The number of imide groups is 1. The third kappa shape index (κ3) is 9.13. The minimum atomic E-state index is -2.02. The van der Waals surface area contributed by atoms with Gasteiger partial charge in [-0.1, -0.05) is 145 Å². The number of carbonyl (C=O) groups is 4. The highest BCUT2D eigenvalue weighted by molar-refractivity contribution is 6.24. The second kappa shape index (κ2) is 21.1. The van der Waals surface area contributed by atoms with Gasteiger partial charge in [0.2, 0.25) is 11.8 Å². The van der Waals surface area contributed by atoms with Crippen LogP contribution in [-0.4, -0.2) is 84.0 Å². The minimum absolute atomic E-state index is 0.0207. The number of methoxy groups -OCH3 is 2. The molecule has 2 N–H and O–H groups in total. The third-order valence-electron chi connectivity index (χ3n) is 15.7.